The van der Waals surface area contributed by atoms with Crippen LogP contribution in [-0.2, 0) is 12.8 Å². The van der Waals surface area contributed by atoms with E-state index < -0.39 is 24.2 Å². The lowest BCUT2D eigenvalue weighted by Gasteiger charge is -2.19. The zero-order valence-corrected chi connectivity index (χ0v) is 15.8. The van der Waals surface area contributed by atoms with E-state index in [4.69, 9.17) is 9.47 Å². The first-order valence-corrected chi connectivity index (χ1v) is 9.03. The molecule has 0 aliphatic carbocycles. The highest BCUT2D eigenvalue weighted by Gasteiger charge is 2.32. The van der Waals surface area contributed by atoms with Crippen molar-refractivity contribution in [3.05, 3.63) is 58.7 Å². The lowest BCUT2D eigenvalue weighted by molar-refractivity contribution is -0.180. The molecule has 0 aliphatic heterocycles. The number of hydrogen-bond acceptors (Lipinski definition) is 2. The fraction of sp³-hybridized carbons (Fsp3) is 0.429. The molecule has 0 heterocycles. The fourth-order valence-electron chi connectivity index (χ4n) is 2.84. The van der Waals surface area contributed by atoms with E-state index in [2.05, 4.69) is 0 Å². The van der Waals surface area contributed by atoms with Gasteiger partial charge in [0.15, 0.2) is 11.6 Å². The molecule has 0 radical (unpaired) electrons. The number of alkyl halides is 2. The lowest BCUT2D eigenvalue weighted by atomic mass is 10.0. The molecule has 0 saturated heterocycles. The Labute approximate surface area is 157 Å². The number of hydrogen-bond donors (Lipinski definition) is 0. The van der Waals surface area contributed by atoms with Crippen LogP contribution in [0.2, 0.25) is 0 Å². The maximum atomic E-state index is 14.2. The summed E-state index contributed by atoms with van der Waals surface area (Å²) in [6, 6.07) is 7.77. The molecule has 2 aromatic carbocycles. The van der Waals surface area contributed by atoms with E-state index in [0.29, 0.717) is 5.56 Å². The van der Waals surface area contributed by atoms with E-state index in [1.165, 1.54) is 25.1 Å². The van der Waals surface area contributed by atoms with Gasteiger partial charge in [0.1, 0.15) is 5.75 Å². The molecule has 0 amide bonds. The molecule has 0 aromatic heterocycles. The summed E-state index contributed by atoms with van der Waals surface area (Å²) in [6.45, 7) is 5.39. The van der Waals surface area contributed by atoms with Gasteiger partial charge in [-0.1, -0.05) is 25.5 Å². The van der Waals surface area contributed by atoms with E-state index in [0.717, 1.165) is 18.4 Å². The Morgan fingerprint density at radius 2 is 1.63 bits per heavy atom. The number of halogens is 4. The molecule has 6 heteroatoms. The second-order valence-corrected chi connectivity index (χ2v) is 6.36. The molecule has 0 N–H and O–H groups in total. The normalized spacial score (nSPS) is 11.5. The van der Waals surface area contributed by atoms with Crippen LogP contribution in [0.15, 0.2) is 30.3 Å². The van der Waals surface area contributed by atoms with Crippen LogP contribution in [-0.4, -0.2) is 12.7 Å². The van der Waals surface area contributed by atoms with Gasteiger partial charge < -0.3 is 9.47 Å². The molecular formula is C21H24F4O2. The fourth-order valence-corrected chi connectivity index (χ4v) is 2.84. The third kappa shape index (κ3) is 5.62. The van der Waals surface area contributed by atoms with Crippen LogP contribution in [0.25, 0.3) is 0 Å². The topological polar surface area (TPSA) is 18.5 Å². The maximum absolute atomic E-state index is 14.2. The van der Waals surface area contributed by atoms with Crippen molar-refractivity contribution in [1.82, 2.24) is 0 Å². The van der Waals surface area contributed by atoms with Gasteiger partial charge in [0.2, 0.25) is 5.82 Å². The molecule has 0 spiro atoms. The summed E-state index contributed by atoms with van der Waals surface area (Å²) in [5.74, 6) is -2.49. The van der Waals surface area contributed by atoms with Crippen molar-refractivity contribution >= 4 is 0 Å². The van der Waals surface area contributed by atoms with E-state index in [-0.39, 0.29) is 30.1 Å². The van der Waals surface area contributed by atoms with Crippen LogP contribution in [0.3, 0.4) is 0 Å². The molecule has 27 heavy (non-hydrogen) atoms. The predicted octanol–water partition coefficient (Wildman–Crippen LogP) is 6.23. The molecule has 2 nitrogen and oxygen atoms in total. The molecule has 2 rings (SSSR count). The number of benzene rings is 2. The first-order valence-electron chi connectivity index (χ1n) is 9.03. The highest BCUT2D eigenvalue weighted by molar-refractivity contribution is 5.38. The molecule has 148 valence electrons. The molecule has 0 fully saturated rings. The SMILES string of the molecule is CCCc1ccc(OC(F)(F)CCc2c(C)cc(OCC)c(F)c2F)cc1. The van der Waals surface area contributed by atoms with Gasteiger partial charge in [-0.2, -0.15) is 13.2 Å². The zero-order chi connectivity index (χ0) is 20.0. The average Bonchev–Trinajstić information content (AvgIpc) is 2.61. The molecule has 0 aliphatic rings. The summed E-state index contributed by atoms with van der Waals surface area (Å²) in [6.07, 6.45) is -2.81. The summed E-state index contributed by atoms with van der Waals surface area (Å²) in [5, 5.41) is 0. The first-order chi connectivity index (χ1) is 12.8. The Kier molecular flexibility index (Phi) is 7.11. The minimum Gasteiger partial charge on any atom is -0.491 e. The lowest BCUT2D eigenvalue weighted by Crippen LogP contribution is -2.25. The predicted molar refractivity (Wildman–Crippen MR) is 96.6 cm³/mol. The van der Waals surface area contributed by atoms with Crippen molar-refractivity contribution in [3.63, 3.8) is 0 Å². The first kappa shape index (κ1) is 21.1. The Morgan fingerprint density at radius 3 is 2.22 bits per heavy atom. The summed E-state index contributed by atoms with van der Waals surface area (Å²) in [5.41, 5.74) is 1.30. The summed E-state index contributed by atoms with van der Waals surface area (Å²) in [7, 11) is 0. The Hall–Kier alpha value is -2.24. The van der Waals surface area contributed by atoms with Gasteiger partial charge in [0.25, 0.3) is 0 Å². The standard InChI is InChI=1S/C21H24F4O2/c1-4-6-15-7-9-16(10-8-15)27-21(24,25)12-11-17-14(3)13-18(26-5-2)20(23)19(17)22/h7-10,13H,4-6,11-12H2,1-3H3. The zero-order valence-electron chi connectivity index (χ0n) is 15.8. The van der Waals surface area contributed by atoms with Crippen LogP contribution in [0.5, 0.6) is 11.5 Å². The van der Waals surface area contributed by atoms with Crippen molar-refractivity contribution in [3.8, 4) is 11.5 Å². The molecule has 0 atom stereocenters. The van der Waals surface area contributed by atoms with E-state index >= 15 is 0 Å². The summed E-state index contributed by atoms with van der Waals surface area (Å²) < 4.78 is 66.3. The molecular weight excluding hydrogens is 360 g/mol. The number of aryl methyl sites for hydroxylation is 2. The van der Waals surface area contributed by atoms with Crippen LogP contribution in [0, 0.1) is 18.6 Å². The van der Waals surface area contributed by atoms with Gasteiger partial charge in [0.05, 0.1) is 13.0 Å². The van der Waals surface area contributed by atoms with Crippen molar-refractivity contribution in [2.45, 2.75) is 52.6 Å². The van der Waals surface area contributed by atoms with Gasteiger partial charge in [-0.25, -0.2) is 4.39 Å². The van der Waals surface area contributed by atoms with Crippen LogP contribution in [0.1, 0.15) is 43.4 Å². The van der Waals surface area contributed by atoms with Crippen LogP contribution in [0.4, 0.5) is 17.6 Å². The molecule has 2 aromatic rings. The molecule has 0 bridgehead atoms. The smallest absolute Gasteiger partial charge is 0.398 e. The van der Waals surface area contributed by atoms with Crippen molar-refractivity contribution in [2.24, 2.45) is 0 Å². The Balaban J connectivity index is 2.07. The summed E-state index contributed by atoms with van der Waals surface area (Å²) in [4.78, 5) is 0. The second-order valence-electron chi connectivity index (χ2n) is 6.36. The third-order valence-corrected chi connectivity index (χ3v) is 4.19. The van der Waals surface area contributed by atoms with Crippen molar-refractivity contribution in [2.75, 3.05) is 6.61 Å². The van der Waals surface area contributed by atoms with E-state index in [9.17, 15) is 17.6 Å². The second kappa shape index (κ2) is 9.11. The van der Waals surface area contributed by atoms with Crippen LogP contribution >= 0.6 is 0 Å². The van der Waals surface area contributed by atoms with E-state index in [1.807, 2.05) is 6.92 Å². The minimum absolute atomic E-state index is 0.0370. The van der Waals surface area contributed by atoms with E-state index in [1.54, 1.807) is 19.1 Å². The maximum Gasteiger partial charge on any atom is 0.398 e. The average molecular weight is 384 g/mol. The van der Waals surface area contributed by atoms with Crippen molar-refractivity contribution < 1.29 is 27.0 Å². The summed E-state index contributed by atoms with van der Waals surface area (Å²) >= 11 is 0. The Bertz CT molecular complexity index is 758. The van der Waals surface area contributed by atoms with Gasteiger partial charge >= 0.3 is 6.11 Å². The van der Waals surface area contributed by atoms with Gasteiger partial charge in [-0.05, 0) is 61.6 Å². The Morgan fingerprint density at radius 1 is 0.963 bits per heavy atom. The minimum atomic E-state index is -3.50. The monoisotopic (exact) mass is 384 g/mol. The van der Waals surface area contributed by atoms with Gasteiger partial charge in [-0.3, -0.25) is 0 Å². The molecule has 0 unspecified atom stereocenters. The van der Waals surface area contributed by atoms with Gasteiger partial charge in [-0.15, -0.1) is 0 Å². The van der Waals surface area contributed by atoms with Crippen LogP contribution < -0.4 is 9.47 Å². The van der Waals surface area contributed by atoms with Crippen molar-refractivity contribution in [1.29, 1.82) is 0 Å². The third-order valence-electron chi connectivity index (χ3n) is 4.19. The highest BCUT2D eigenvalue weighted by Crippen LogP contribution is 2.31. The number of rotatable bonds is 9. The van der Waals surface area contributed by atoms with Gasteiger partial charge in [0, 0.05) is 0 Å². The molecule has 0 saturated carbocycles. The highest BCUT2D eigenvalue weighted by atomic mass is 19.3. The quantitative estimate of drug-likeness (QED) is 0.477. The number of ether oxygens (including phenoxy) is 2. The largest absolute Gasteiger partial charge is 0.491 e.